The van der Waals surface area contributed by atoms with Crippen molar-refractivity contribution in [1.29, 1.82) is 0 Å². The SMILES string of the molecule is c1ccc(P(c2ccccc2)c2ccccc2-c2cc[nH]n2)cc1. The minimum atomic E-state index is -0.625. The number of nitrogens with one attached hydrogen (secondary N) is 1. The topological polar surface area (TPSA) is 28.7 Å². The summed E-state index contributed by atoms with van der Waals surface area (Å²) in [5.41, 5.74) is 2.18. The average molecular weight is 328 g/mol. The van der Waals surface area contributed by atoms with Crippen LogP contribution in [0.5, 0.6) is 0 Å². The maximum absolute atomic E-state index is 4.40. The number of rotatable bonds is 4. The van der Waals surface area contributed by atoms with Crippen molar-refractivity contribution in [2.75, 3.05) is 0 Å². The summed E-state index contributed by atoms with van der Waals surface area (Å²) in [4.78, 5) is 0. The highest BCUT2D eigenvalue weighted by atomic mass is 31.1. The Morgan fingerprint density at radius 2 is 1.21 bits per heavy atom. The maximum Gasteiger partial charge on any atom is 0.0927 e. The van der Waals surface area contributed by atoms with Crippen LogP contribution in [-0.2, 0) is 0 Å². The van der Waals surface area contributed by atoms with Crippen molar-refractivity contribution in [3.63, 3.8) is 0 Å². The standard InChI is InChI=1S/C21H17N2P/c1-3-9-17(10-4-1)24(18-11-5-2-6-12-18)21-14-8-7-13-19(21)20-15-16-22-23-20/h1-16H,(H,22,23). The summed E-state index contributed by atoms with van der Waals surface area (Å²) in [7, 11) is -0.625. The van der Waals surface area contributed by atoms with Crippen LogP contribution in [0.4, 0.5) is 0 Å². The lowest BCUT2D eigenvalue weighted by Crippen LogP contribution is -2.22. The Labute approximate surface area is 142 Å². The normalized spacial score (nSPS) is 10.9. The van der Waals surface area contributed by atoms with E-state index in [2.05, 4.69) is 95.1 Å². The third kappa shape index (κ3) is 2.89. The molecule has 1 N–H and O–H groups in total. The molecule has 3 heteroatoms. The number of hydrogen-bond donors (Lipinski definition) is 1. The van der Waals surface area contributed by atoms with Gasteiger partial charge >= 0.3 is 0 Å². The zero-order chi connectivity index (χ0) is 16.2. The van der Waals surface area contributed by atoms with Crippen molar-refractivity contribution in [1.82, 2.24) is 10.2 Å². The predicted octanol–water partition coefficient (Wildman–Crippen LogP) is 3.83. The van der Waals surface area contributed by atoms with E-state index >= 15 is 0 Å². The fourth-order valence-electron chi connectivity index (χ4n) is 2.88. The van der Waals surface area contributed by atoms with Gasteiger partial charge in [-0.1, -0.05) is 84.9 Å². The van der Waals surface area contributed by atoms with E-state index in [9.17, 15) is 0 Å². The highest BCUT2D eigenvalue weighted by Gasteiger charge is 2.20. The summed E-state index contributed by atoms with van der Waals surface area (Å²) in [6.07, 6.45) is 1.87. The van der Waals surface area contributed by atoms with Gasteiger partial charge in [0.1, 0.15) is 0 Å². The molecule has 116 valence electrons. The molecular formula is C21H17N2P. The van der Waals surface area contributed by atoms with Gasteiger partial charge in [-0.05, 0) is 29.9 Å². The van der Waals surface area contributed by atoms with Crippen LogP contribution in [0.1, 0.15) is 0 Å². The van der Waals surface area contributed by atoms with Crippen LogP contribution in [0.15, 0.2) is 97.2 Å². The fourth-order valence-corrected chi connectivity index (χ4v) is 5.34. The van der Waals surface area contributed by atoms with E-state index in [1.807, 2.05) is 12.3 Å². The van der Waals surface area contributed by atoms with Gasteiger partial charge in [0.15, 0.2) is 0 Å². The minimum absolute atomic E-state index is 0.625. The van der Waals surface area contributed by atoms with Crippen molar-refractivity contribution in [3.05, 3.63) is 97.2 Å². The maximum atomic E-state index is 4.40. The van der Waals surface area contributed by atoms with Gasteiger partial charge in [-0.3, -0.25) is 5.10 Å². The Morgan fingerprint density at radius 1 is 0.625 bits per heavy atom. The largest absolute Gasteiger partial charge is 0.285 e. The molecule has 4 aromatic rings. The number of hydrogen-bond acceptors (Lipinski definition) is 1. The first-order valence-corrected chi connectivity index (χ1v) is 9.27. The molecule has 0 unspecified atom stereocenters. The molecule has 0 atom stereocenters. The number of aromatic amines is 1. The monoisotopic (exact) mass is 328 g/mol. The molecule has 1 aromatic heterocycles. The zero-order valence-corrected chi connectivity index (χ0v) is 14.0. The van der Waals surface area contributed by atoms with E-state index in [1.54, 1.807) is 0 Å². The molecule has 4 rings (SSSR count). The Bertz CT molecular complexity index is 864. The number of aromatic nitrogens is 2. The molecule has 0 amide bonds. The summed E-state index contributed by atoms with van der Waals surface area (Å²) in [6, 6.07) is 32.1. The van der Waals surface area contributed by atoms with Crippen molar-refractivity contribution in [2.45, 2.75) is 0 Å². The highest BCUT2D eigenvalue weighted by Crippen LogP contribution is 2.36. The van der Waals surface area contributed by atoms with E-state index in [0.717, 1.165) is 5.69 Å². The summed E-state index contributed by atoms with van der Waals surface area (Å²) in [5, 5.41) is 11.4. The first-order chi connectivity index (χ1) is 11.9. The number of H-pyrrole nitrogens is 1. The van der Waals surface area contributed by atoms with Crippen LogP contribution in [0.3, 0.4) is 0 Å². The Kier molecular flexibility index (Phi) is 4.22. The molecule has 2 nitrogen and oxygen atoms in total. The van der Waals surface area contributed by atoms with Crippen molar-refractivity contribution < 1.29 is 0 Å². The third-order valence-electron chi connectivity index (χ3n) is 3.95. The van der Waals surface area contributed by atoms with E-state index in [1.165, 1.54) is 21.5 Å². The molecule has 0 fully saturated rings. The van der Waals surface area contributed by atoms with E-state index in [0.29, 0.717) is 0 Å². The van der Waals surface area contributed by atoms with Gasteiger partial charge in [-0.2, -0.15) is 5.10 Å². The molecule has 0 aliphatic rings. The quantitative estimate of drug-likeness (QED) is 0.567. The average Bonchev–Trinajstić information content (AvgIpc) is 3.19. The Hall–Kier alpha value is -2.70. The molecule has 0 radical (unpaired) electrons. The Balaban J connectivity index is 1.93. The van der Waals surface area contributed by atoms with Crippen LogP contribution < -0.4 is 15.9 Å². The molecule has 0 aliphatic carbocycles. The third-order valence-corrected chi connectivity index (χ3v) is 6.45. The van der Waals surface area contributed by atoms with Crippen LogP contribution in [0, 0.1) is 0 Å². The number of nitrogens with zero attached hydrogens (tertiary/aromatic N) is 1. The van der Waals surface area contributed by atoms with Crippen molar-refractivity contribution in [3.8, 4) is 11.3 Å². The second-order valence-electron chi connectivity index (χ2n) is 5.48. The van der Waals surface area contributed by atoms with Crippen LogP contribution in [-0.4, -0.2) is 10.2 Å². The molecule has 0 saturated carbocycles. The molecule has 0 spiro atoms. The van der Waals surface area contributed by atoms with E-state index < -0.39 is 7.92 Å². The van der Waals surface area contributed by atoms with E-state index in [4.69, 9.17) is 0 Å². The summed E-state index contributed by atoms with van der Waals surface area (Å²) in [5.74, 6) is 0. The van der Waals surface area contributed by atoms with Crippen LogP contribution in [0.2, 0.25) is 0 Å². The first-order valence-electron chi connectivity index (χ1n) is 7.93. The first kappa shape index (κ1) is 14.9. The molecule has 3 aromatic carbocycles. The molecule has 0 bridgehead atoms. The van der Waals surface area contributed by atoms with Gasteiger partial charge in [0.25, 0.3) is 0 Å². The van der Waals surface area contributed by atoms with Crippen molar-refractivity contribution in [2.24, 2.45) is 0 Å². The van der Waals surface area contributed by atoms with Gasteiger partial charge in [0, 0.05) is 11.8 Å². The smallest absolute Gasteiger partial charge is 0.0927 e. The van der Waals surface area contributed by atoms with E-state index in [-0.39, 0.29) is 0 Å². The van der Waals surface area contributed by atoms with Gasteiger partial charge in [0.2, 0.25) is 0 Å². The predicted molar refractivity (Wildman–Crippen MR) is 103 cm³/mol. The lowest BCUT2D eigenvalue weighted by Gasteiger charge is -2.21. The summed E-state index contributed by atoms with van der Waals surface area (Å²) in [6.45, 7) is 0. The zero-order valence-electron chi connectivity index (χ0n) is 13.1. The summed E-state index contributed by atoms with van der Waals surface area (Å²) < 4.78 is 0. The molecule has 1 heterocycles. The van der Waals surface area contributed by atoms with Gasteiger partial charge in [0.05, 0.1) is 5.69 Å². The molecule has 0 aliphatic heterocycles. The number of benzene rings is 3. The van der Waals surface area contributed by atoms with Crippen molar-refractivity contribution >= 4 is 23.8 Å². The van der Waals surface area contributed by atoms with Gasteiger partial charge in [-0.25, -0.2) is 0 Å². The fraction of sp³-hybridized carbons (Fsp3) is 0. The Morgan fingerprint density at radius 3 is 1.79 bits per heavy atom. The molecule has 0 saturated heterocycles. The highest BCUT2D eigenvalue weighted by molar-refractivity contribution is 7.80. The molecular weight excluding hydrogens is 311 g/mol. The van der Waals surface area contributed by atoms with Crippen LogP contribution in [0.25, 0.3) is 11.3 Å². The lowest BCUT2D eigenvalue weighted by molar-refractivity contribution is 1.10. The van der Waals surface area contributed by atoms with Gasteiger partial charge < -0.3 is 0 Å². The second-order valence-corrected chi connectivity index (χ2v) is 7.67. The molecule has 24 heavy (non-hydrogen) atoms. The summed E-state index contributed by atoms with van der Waals surface area (Å²) >= 11 is 0. The van der Waals surface area contributed by atoms with Crippen LogP contribution >= 0.6 is 7.92 Å². The second kappa shape index (κ2) is 6.82. The lowest BCUT2D eigenvalue weighted by atomic mass is 10.1. The minimum Gasteiger partial charge on any atom is -0.285 e. The van der Waals surface area contributed by atoms with Gasteiger partial charge in [-0.15, -0.1) is 0 Å².